The number of Topliss-reactive ketones (excluding diaryl/α,β-unsaturated/α-hetero) is 1. The zero-order valence-electron chi connectivity index (χ0n) is 5.71. The van der Waals surface area contributed by atoms with Crippen molar-refractivity contribution in [2.45, 2.75) is 18.8 Å². The summed E-state index contributed by atoms with van der Waals surface area (Å²) < 4.78 is 0. The first kappa shape index (κ1) is 7.63. The fourth-order valence-electron chi connectivity index (χ4n) is 0.772. The van der Waals surface area contributed by atoms with Gasteiger partial charge in [0.1, 0.15) is 0 Å². The van der Waals surface area contributed by atoms with Gasteiger partial charge in [-0.3, -0.25) is 4.79 Å². The second kappa shape index (κ2) is 2.00. The minimum absolute atomic E-state index is 0.310. The molecule has 4 heteroatoms. The van der Waals surface area contributed by atoms with E-state index in [0.29, 0.717) is 4.91 Å². The average molecular weight is 160 g/mol. The number of carbonyl (C=O) groups excluding carboxylic acids is 1. The highest BCUT2D eigenvalue weighted by molar-refractivity contribution is 8.05. The molecule has 0 saturated carbocycles. The number of aliphatic hydroxyl groups excluding tert-OH is 1. The van der Waals surface area contributed by atoms with Crippen molar-refractivity contribution in [2.24, 2.45) is 0 Å². The molecule has 0 saturated heterocycles. The lowest BCUT2D eigenvalue weighted by Crippen LogP contribution is -2.27. The molecule has 0 aromatic heterocycles. The number of ketones is 1. The van der Waals surface area contributed by atoms with Gasteiger partial charge in [-0.1, -0.05) is 11.8 Å². The largest absolute Gasteiger partial charge is 0.504 e. The lowest BCUT2D eigenvalue weighted by molar-refractivity contribution is -0.126. The van der Waals surface area contributed by atoms with Gasteiger partial charge in [-0.25, -0.2) is 0 Å². The minimum Gasteiger partial charge on any atom is -0.504 e. The first-order valence-electron chi connectivity index (χ1n) is 2.81. The highest BCUT2D eigenvalue weighted by Gasteiger charge is 2.41. The van der Waals surface area contributed by atoms with Gasteiger partial charge in [-0.2, -0.15) is 0 Å². The van der Waals surface area contributed by atoms with Crippen LogP contribution < -0.4 is 0 Å². The molecular weight excluding hydrogens is 152 g/mol. The maximum atomic E-state index is 10.9. The van der Waals surface area contributed by atoms with E-state index in [1.54, 1.807) is 6.92 Å². The van der Waals surface area contributed by atoms with Gasteiger partial charge in [0.2, 0.25) is 5.78 Å². The Morgan fingerprint density at radius 1 is 1.60 bits per heavy atom. The van der Waals surface area contributed by atoms with Crippen LogP contribution in [0.15, 0.2) is 10.7 Å². The molecule has 0 radical (unpaired) electrons. The van der Waals surface area contributed by atoms with Gasteiger partial charge in [-0.15, -0.1) is 0 Å². The van der Waals surface area contributed by atoms with E-state index in [9.17, 15) is 9.90 Å². The van der Waals surface area contributed by atoms with Crippen LogP contribution in [0.4, 0.5) is 0 Å². The van der Waals surface area contributed by atoms with Crippen molar-refractivity contribution in [3.8, 4) is 0 Å². The summed E-state index contributed by atoms with van der Waals surface area (Å²) in [6.07, 6.45) is 0. The topological polar surface area (TPSA) is 57.5 Å². The van der Waals surface area contributed by atoms with Crippen molar-refractivity contribution in [3.63, 3.8) is 0 Å². The van der Waals surface area contributed by atoms with E-state index in [1.165, 1.54) is 6.92 Å². The van der Waals surface area contributed by atoms with Gasteiger partial charge in [-0.05, 0) is 13.8 Å². The Labute approximate surface area is 62.7 Å². The Morgan fingerprint density at radius 2 is 2.10 bits per heavy atom. The molecule has 0 aliphatic carbocycles. The number of hydrogen-bond acceptors (Lipinski definition) is 4. The molecule has 0 bridgehead atoms. The van der Waals surface area contributed by atoms with Gasteiger partial charge in [0.15, 0.2) is 10.7 Å². The fourth-order valence-corrected chi connectivity index (χ4v) is 1.75. The highest BCUT2D eigenvalue weighted by Crippen LogP contribution is 2.39. The van der Waals surface area contributed by atoms with Crippen LogP contribution in [-0.4, -0.2) is 20.9 Å². The average Bonchev–Trinajstić information content (AvgIpc) is 1.95. The summed E-state index contributed by atoms with van der Waals surface area (Å²) in [6, 6.07) is 0. The summed E-state index contributed by atoms with van der Waals surface area (Å²) >= 11 is 0.975. The monoisotopic (exact) mass is 160 g/mol. The summed E-state index contributed by atoms with van der Waals surface area (Å²) in [5.74, 6) is -0.912. The summed E-state index contributed by atoms with van der Waals surface area (Å²) in [7, 11) is 0. The van der Waals surface area contributed by atoms with Crippen molar-refractivity contribution >= 4 is 17.5 Å². The third-order valence-corrected chi connectivity index (χ3v) is 2.40. The van der Waals surface area contributed by atoms with E-state index in [0.717, 1.165) is 11.8 Å². The minimum atomic E-state index is -1.45. The third kappa shape index (κ3) is 0.932. The van der Waals surface area contributed by atoms with Crippen LogP contribution in [0.5, 0.6) is 0 Å². The number of thioether (sulfide) groups is 1. The van der Waals surface area contributed by atoms with Crippen molar-refractivity contribution in [2.75, 3.05) is 0 Å². The molecule has 1 atom stereocenters. The van der Waals surface area contributed by atoms with Crippen LogP contribution in [0.2, 0.25) is 0 Å². The van der Waals surface area contributed by atoms with Crippen LogP contribution in [0.3, 0.4) is 0 Å². The standard InChI is InChI=1S/C6H8O3S/c1-3-4(7)5(8)6(2,9)10-3/h7,9H,1-2H3. The van der Waals surface area contributed by atoms with E-state index < -0.39 is 10.7 Å². The first-order valence-corrected chi connectivity index (χ1v) is 3.63. The van der Waals surface area contributed by atoms with Crippen molar-refractivity contribution in [3.05, 3.63) is 10.7 Å². The maximum absolute atomic E-state index is 10.9. The zero-order valence-corrected chi connectivity index (χ0v) is 6.53. The lowest BCUT2D eigenvalue weighted by atomic mass is 10.2. The Kier molecular flexibility index (Phi) is 1.53. The lowest BCUT2D eigenvalue weighted by Gasteiger charge is -2.11. The van der Waals surface area contributed by atoms with Gasteiger partial charge in [0, 0.05) is 4.91 Å². The summed E-state index contributed by atoms with van der Waals surface area (Å²) in [5.41, 5.74) is 0. The predicted molar refractivity (Wildman–Crippen MR) is 38.6 cm³/mol. The number of aliphatic hydroxyl groups is 2. The van der Waals surface area contributed by atoms with Gasteiger partial charge in [0.05, 0.1) is 0 Å². The second-order valence-electron chi connectivity index (χ2n) is 2.32. The summed E-state index contributed by atoms with van der Waals surface area (Å²) in [5, 5.41) is 18.2. The van der Waals surface area contributed by atoms with Crippen LogP contribution in [0.1, 0.15) is 13.8 Å². The molecule has 1 heterocycles. The zero-order chi connectivity index (χ0) is 7.94. The molecule has 0 aromatic carbocycles. The SMILES string of the molecule is CC1=C(O)C(=O)C(C)(O)S1. The van der Waals surface area contributed by atoms with E-state index in [2.05, 4.69) is 0 Å². The molecule has 0 amide bonds. The molecule has 10 heavy (non-hydrogen) atoms. The van der Waals surface area contributed by atoms with E-state index >= 15 is 0 Å². The van der Waals surface area contributed by atoms with Crippen molar-refractivity contribution in [1.29, 1.82) is 0 Å². The van der Waals surface area contributed by atoms with Gasteiger partial charge in [0.25, 0.3) is 0 Å². The molecule has 1 rings (SSSR count). The quantitative estimate of drug-likeness (QED) is 0.550. The molecule has 56 valence electrons. The van der Waals surface area contributed by atoms with E-state index in [1.807, 2.05) is 0 Å². The van der Waals surface area contributed by atoms with Crippen LogP contribution >= 0.6 is 11.8 Å². The van der Waals surface area contributed by atoms with Crippen molar-refractivity contribution < 1.29 is 15.0 Å². The maximum Gasteiger partial charge on any atom is 0.239 e. The normalized spacial score (nSPS) is 33.7. The number of rotatable bonds is 0. The number of allylic oxidation sites excluding steroid dienone is 1. The Morgan fingerprint density at radius 3 is 2.20 bits per heavy atom. The van der Waals surface area contributed by atoms with Gasteiger partial charge >= 0.3 is 0 Å². The van der Waals surface area contributed by atoms with E-state index in [4.69, 9.17) is 5.11 Å². The molecule has 2 N–H and O–H groups in total. The second-order valence-corrected chi connectivity index (χ2v) is 3.93. The van der Waals surface area contributed by atoms with Crippen LogP contribution in [-0.2, 0) is 4.79 Å². The Hall–Kier alpha value is -0.480. The van der Waals surface area contributed by atoms with Crippen LogP contribution in [0.25, 0.3) is 0 Å². The molecule has 1 aliphatic rings. The summed E-state index contributed by atoms with van der Waals surface area (Å²) in [6.45, 7) is 2.96. The molecule has 0 spiro atoms. The van der Waals surface area contributed by atoms with E-state index in [-0.39, 0.29) is 5.76 Å². The van der Waals surface area contributed by atoms with Crippen LogP contribution in [0, 0.1) is 0 Å². The Balaban J connectivity index is 2.99. The molecule has 0 fully saturated rings. The van der Waals surface area contributed by atoms with Gasteiger partial charge < -0.3 is 10.2 Å². The predicted octanol–water partition coefficient (Wildman–Crippen LogP) is 0.800. The first-order chi connectivity index (χ1) is 4.45. The summed E-state index contributed by atoms with van der Waals surface area (Å²) in [4.78, 5) is 9.89. The number of hydrogen-bond donors (Lipinski definition) is 2. The molecular formula is C6H8O3S. The molecule has 1 unspecified atom stereocenters. The Bertz CT molecular complexity index is 217. The highest BCUT2D eigenvalue weighted by atomic mass is 32.2. The smallest absolute Gasteiger partial charge is 0.239 e. The fraction of sp³-hybridized carbons (Fsp3) is 0.500. The molecule has 0 aromatic rings. The third-order valence-electron chi connectivity index (χ3n) is 1.32. The number of carbonyl (C=O) groups is 1. The van der Waals surface area contributed by atoms with Crippen molar-refractivity contribution in [1.82, 2.24) is 0 Å². The molecule has 3 nitrogen and oxygen atoms in total. The molecule has 1 aliphatic heterocycles.